The normalized spacial score (nSPS) is 11.8. The molecule has 0 amide bonds. The molecule has 0 aliphatic rings. The lowest BCUT2D eigenvalue weighted by Gasteiger charge is -2.22. The van der Waals surface area contributed by atoms with E-state index in [0.29, 0.717) is 126 Å². The monoisotopic (exact) mass is 1030 g/mol. The summed E-state index contributed by atoms with van der Waals surface area (Å²) >= 11 is 0. The van der Waals surface area contributed by atoms with Crippen molar-refractivity contribution in [2.75, 3.05) is 0 Å². The number of hydrogen-bond donors (Lipinski definition) is 0. The fourth-order valence-electron chi connectivity index (χ4n) is 10.5. The van der Waals surface area contributed by atoms with E-state index < -0.39 is 17.3 Å². The van der Waals surface area contributed by atoms with E-state index in [4.69, 9.17) is 53.0 Å². The maximum atomic E-state index is 15.5. The van der Waals surface area contributed by atoms with Crippen LogP contribution in [0.15, 0.2) is 103 Å². The molecule has 0 aliphatic heterocycles. The zero-order valence-corrected chi connectivity index (χ0v) is 43.1. The second kappa shape index (κ2) is 18.2. The minimum absolute atomic E-state index is 0.105. The standard InChI is InChI=1S/C59H41F3N16/c1-28-65-29(2)70-55(69-28)36-14-18-40-41-19-15-37(56-71-30(3)66-31(4)72-56)23-49(41)77(48(40)22-36)52-26-44(54-45(59(60,61)62)12-11-13-46(54)63-9)47(64-10)27-53(52)78-50-24-38(57-73-32(5)67-33(6)74-57)16-20-42(50)43-21-17-39(25-51(43)78)58-75-34(7)68-35(8)76-58/h11-27H,1-8H3. The summed E-state index contributed by atoms with van der Waals surface area (Å²) < 4.78 is 50.3. The van der Waals surface area contributed by atoms with Crippen LogP contribution in [-0.2, 0) is 6.18 Å². The van der Waals surface area contributed by atoms with Gasteiger partial charge < -0.3 is 9.13 Å². The van der Waals surface area contributed by atoms with Crippen molar-refractivity contribution in [1.29, 1.82) is 0 Å². The van der Waals surface area contributed by atoms with Gasteiger partial charge in [-0.15, -0.1) is 0 Å². The Morgan fingerprint density at radius 3 is 0.974 bits per heavy atom. The summed E-state index contributed by atoms with van der Waals surface area (Å²) in [4.78, 5) is 63.2. The third kappa shape index (κ3) is 8.34. The van der Waals surface area contributed by atoms with Crippen molar-refractivity contribution in [3.8, 4) is 68.1 Å². The number of alkyl halides is 3. The van der Waals surface area contributed by atoms with Crippen LogP contribution in [0, 0.1) is 68.5 Å². The molecule has 16 nitrogen and oxygen atoms in total. The van der Waals surface area contributed by atoms with Gasteiger partial charge in [-0.3, -0.25) is 0 Å². The average Bonchev–Trinajstić information content (AvgIpc) is 4.15. The Kier molecular flexibility index (Phi) is 11.4. The first-order valence-electron chi connectivity index (χ1n) is 24.5. The average molecular weight is 1030 g/mol. The Morgan fingerprint density at radius 2 is 0.679 bits per heavy atom. The summed E-state index contributed by atoms with van der Waals surface area (Å²) in [5.41, 5.74) is 3.84. The van der Waals surface area contributed by atoms with E-state index in [1.165, 1.54) is 12.1 Å². The molecular weight excluding hydrogens is 990 g/mol. The molecule has 78 heavy (non-hydrogen) atoms. The highest BCUT2D eigenvalue weighted by Crippen LogP contribution is 2.50. The van der Waals surface area contributed by atoms with Gasteiger partial charge in [0.15, 0.2) is 34.7 Å². The lowest BCUT2D eigenvalue weighted by atomic mass is 9.94. The van der Waals surface area contributed by atoms with Gasteiger partial charge in [0.25, 0.3) is 0 Å². The highest BCUT2D eigenvalue weighted by Gasteiger charge is 2.36. The number of aryl methyl sites for hydroxylation is 8. The van der Waals surface area contributed by atoms with E-state index in [1.54, 1.807) is 67.5 Å². The number of nitrogens with zero attached hydrogens (tertiary/aromatic N) is 16. The third-order valence-electron chi connectivity index (χ3n) is 13.4. The maximum Gasteiger partial charge on any atom is 0.415 e. The van der Waals surface area contributed by atoms with Crippen molar-refractivity contribution in [2.45, 2.75) is 61.6 Å². The van der Waals surface area contributed by atoms with Crippen LogP contribution in [-0.4, -0.2) is 68.9 Å². The molecule has 0 saturated carbocycles. The van der Waals surface area contributed by atoms with Crippen LogP contribution in [0.4, 0.5) is 24.5 Å². The number of benzene rings is 6. The number of hydrogen-bond acceptors (Lipinski definition) is 12. The molecule has 0 saturated heterocycles. The number of halogens is 3. The van der Waals surface area contributed by atoms with Gasteiger partial charge in [-0.2, -0.15) is 13.2 Å². The molecule has 6 heterocycles. The second-order valence-electron chi connectivity index (χ2n) is 18.9. The topological polar surface area (TPSA) is 173 Å². The van der Waals surface area contributed by atoms with Crippen LogP contribution >= 0.6 is 0 Å². The first-order chi connectivity index (χ1) is 37.4. The van der Waals surface area contributed by atoms with E-state index in [2.05, 4.69) is 29.6 Å². The van der Waals surface area contributed by atoms with E-state index in [1.807, 2.05) is 81.9 Å². The zero-order chi connectivity index (χ0) is 54.5. The molecule has 0 radical (unpaired) electrons. The molecule has 12 rings (SSSR count). The third-order valence-corrected chi connectivity index (χ3v) is 13.4. The lowest BCUT2D eigenvalue weighted by molar-refractivity contribution is -0.137. The minimum Gasteiger partial charge on any atom is -0.308 e. The fourth-order valence-corrected chi connectivity index (χ4v) is 10.5. The van der Waals surface area contributed by atoms with Crippen LogP contribution in [0.5, 0.6) is 0 Å². The second-order valence-corrected chi connectivity index (χ2v) is 18.9. The summed E-state index contributed by atoms with van der Waals surface area (Å²) in [7, 11) is 0. The van der Waals surface area contributed by atoms with Crippen molar-refractivity contribution in [3.05, 3.63) is 178 Å². The zero-order valence-electron chi connectivity index (χ0n) is 43.1. The number of aromatic nitrogens is 14. The number of rotatable bonds is 7. The highest BCUT2D eigenvalue weighted by atomic mass is 19.4. The van der Waals surface area contributed by atoms with Crippen molar-refractivity contribution >= 4 is 55.0 Å². The molecule has 0 fully saturated rings. The van der Waals surface area contributed by atoms with Crippen molar-refractivity contribution in [3.63, 3.8) is 0 Å². The van der Waals surface area contributed by atoms with Gasteiger partial charge in [0.1, 0.15) is 46.6 Å². The van der Waals surface area contributed by atoms with Gasteiger partial charge in [0.2, 0.25) is 0 Å². The summed E-state index contributed by atoms with van der Waals surface area (Å²) in [6.45, 7) is 31.4. The Labute approximate surface area is 443 Å². The van der Waals surface area contributed by atoms with Crippen molar-refractivity contribution < 1.29 is 13.2 Å². The Morgan fingerprint density at radius 1 is 0.372 bits per heavy atom. The van der Waals surface area contributed by atoms with Crippen LogP contribution in [0.1, 0.15) is 52.2 Å². The Bertz CT molecular complexity index is 4340. The van der Waals surface area contributed by atoms with Gasteiger partial charge in [-0.25, -0.2) is 69.5 Å². The van der Waals surface area contributed by atoms with Crippen molar-refractivity contribution in [1.82, 2.24) is 68.9 Å². The van der Waals surface area contributed by atoms with E-state index in [0.717, 1.165) is 27.6 Å². The van der Waals surface area contributed by atoms with Crippen LogP contribution in [0.25, 0.3) is 121 Å². The molecule has 0 atom stereocenters. The summed E-state index contributed by atoms with van der Waals surface area (Å²) in [5.74, 6) is 5.85. The fraction of sp³-hybridized carbons (Fsp3) is 0.153. The van der Waals surface area contributed by atoms with Gasteiger partial charge >= 0.3 is 6.18 Å². The SMILES string of the molecule is [C-]#[N+]c1cc(-n2c3cc(-c4nc(C)nc(C)n4)ccc3c3ccc(-c4nc(C)nc(C)n4)cc32)c(-n2c3cc(-c4nc(C)nc(C)n4)ccc3c3ccc(-c4nc(C)nc(C)n4)cc32)cc1-c1c([N+]#[C-])cccc1C(F)(F)F. The molecule has 12 aromatic rings. The molecule has 0 aliphatic carbocycles. The molecule has 19 heteroatoms. The smallest absolute Gasteiger partial charge is 0.308 e. The molecule has 6 aromatic heterocycles. The van der Waals surface area contributed by atoms with E-state index >= 15 is 13.2 Å². The van der Waals surface area contributed by atoms with Crippen LogP contribution in [0.3, 0.4) is 0 Å². The molecule has 0 unspecified atom stereocenters. The van der Waals surface area contributed by atoms with E-state index in [9.17, 15) is 0 Å². The van der Waals surface area contributed by atoms with Crippen LogP contribution < -0.4 is 0 Å². The van der Waals surface area contributed by atoms with Crippen LogP contribution in [0.2, 0.25) is 0 Å². The molecule has 0 N–H and O–H groups in total. The van der Waals surface area contributed by atoms with Gasteiger partial charge in [-0.1, -0.05) is 66.7 Å². The van der Waals surface area contributed by atoms with E-state index in [-0.39, 0.29) is 16.9 Å². The first kappa shape index (κ1) is 48.7. The maximum absolute atomic E-state index is 15.5. The van der Waals surface area contributed by atoms with Gasteiger partial charge in [0.05, 0.1) is 52.1 Å². The van der Waals surface area contributed by atoms with Gasteiger partial charge in [0, 0.05) is 43.8 Å². The summed E-state index contributed by atoms with van der Waals surface area (Å²) in [5, 5.41) is 3.16. The van der Waals surface area contributed by atoms with Gasteiger partial charge in [-0.05, 0) is 103 Å². The molecule has 6 aromatic carbocycles. The molecule has 0 spiro atoms. The quantitative estimate of drug-likeness (QED) is 0.138. The Hall–Kier alpha value is -10.3. The number of fused-ring (bicyclic) bond motifs is 6. The van der Waals surface area contributed by atoms with Crippen molar-refractivity contribution in [2.24, 2.45) is 0 Å². The largest absolute Gasteiger partial charge is 0.415 e. The first-order valence-corrected chi connectivity index (χ1v) is 24.5. The Balaban J connectivity index is 1.30. The molecule has 0 bridgehead atoms. The summed E-state index contributed by atoms with van der Waals surface area (Å²) in [6, 6.07) is 30.1. The minimum atomic E-state index is -4.91. The summed E-state index contributed by atoms with van der Waals surface area (Å²) in [6.07, 6.45) is -4.91. The molecular formula is C59H41F3N16. The highest BCUT2D eigenvalue weighted by molar-refractivity contribution is 6.14. The molecule has 378 valence electrons. The lowest BCUT2D eigenvalue weighted by Crippen LogP contribution is -2.08. The predicted molar refractivity (Wildman–Crippen MR) is 291 cm³/mol. The predicted octanol–water partition coefficient (Wildman–Crippen LogP) is 13.5.